The second-order valence-electron chi connectivity index (χ2n) is 3.46. The Morgan fingerprint density at radius 2 is 2.11 bits per heavy atom. The summed E-state index contributed by atoms with van der Waals surface area (Å²) in [5.41, 5.74) is 13.1. The van der Waals surface area contributed by atoms with Crippen molar-refractivity contribution in [2.45, 2.75) is 0 Å². The van der Waals surface area contributed by atoms with Crippen molar-refractivity contribution in [3.8, 4) is 0 Å². The Kier molecular flexibility index (Phi) is 4.17. The number of nitrogens with zero attached hydrogens (tertiary/aromatic N) is 4. The summed E-state index contributed by atoms with van der Waals surface area (Å²) < 4.78 is 0.683. The molecule has 5 N–H and O–H groups in total. The van der Waals surface area contributed by atoms with E-state index in [1.165, 1.54) is 12.7 Å². The molecule has 96 valence electrons. The van der Waals surface area contributed by atoms with Gasteiger partial charge in [-0.3, -0.25) is 0 Å². The second kappa shape index (κ2) is 6.03. The third kappa shape index (κ3) is 3.34. The van der Waals surface area contributed by atoms with E-state index in [1.54, 1.807) is 12.4 Å². The zero-order valence-corrected chi connectivity index (χ0v) is 11.5. The molecule has 0 fully saturated rings. The monoisotopic (exact) mass is 321 g/mol. The molecular weight excluding hydrogens is 309 g/mol. The molecule has 3 aromatic heterocycles. The molecule has 7 nitrogen and oxygen atoms in total. The number of fused-ring (bicyclic) bond motifs is 1. The molecule has 3 heterocycles. The van der Waals surface area contributed by atoms with Gasteiger partial charge in [0.2, 0.25) is 0 Å². The maximum atomic E-state index is 5.47. The summed E-state index contributed by atoms with van der Waals surface area (Å²) in [6.07, 6.45) is 6.36. The molecule has 0 aromatic carbocycles. The SMILES string of the molecule is NC(=[Se])c1cccnc1.Nc1ncnc2[nH]cnc12. The fourth-order valence-corrected chi connectivity index (χ4v) is 1.55. The van der Waals surface area contributed by atoms with Crippen LogP contribution < -0.4 is 11.5 Å². The van der Waals surface area contributed by atoms with Crippen molar-refractivity contribution in [3.63, 3.8) is 0 Å². The molecule has 0 unspecified atom stereocenters. The van der Waals surface area contributed by atoms with Gasteiger partial charge in [-0.15, -0.1) is 0 Å². The van der Waals surface area contributed by atoms with Gasteiger partial charge in [0, 0.05) is 0 Å². The van der Waals surface area contributed by atoms with Gasteiger partial charge < -0.3 is 10.7 Å². The maximum Gasteiger partial charge on any atom is 0.162 e. The Bertz CT molecular complexity index is 680. The van der Waals surface area contributed by atoms with E-state index in [0.717, 1.165) is 5.56 Å². The number of hydrogen-bond donors (Lipinski definition) is 3. The average Bonchev–Trinajstić information content (AvgIpc) is 2.90. The van der Waals surface area contributed by atoms with E-state index in [0.29, 0.717) is 21.5 Å². The Labute approximate surface area is 116 Å². The van der Waals surface area contributed by atoms with Gasteiger partial charge in [0.05, 0.1) is 6.33 Å². The van der Waals surface area contributed by atoms with E-state index in [1.807, 2.05) is 12.1 Å². The molecule has 0 spiro atoms. The number of rotatable bonds is 1. The van der Waals surface area contributed by atoms with E-state index in [2.05, 4.69) is 40.5 Å². The number of nitrogens with one attached hydrogen (secondary N) is 1. The molecule has 19 heavy (non-hydrogen) atoms. The topological polar surface area (TPSA) is 119 Å². The van der Waals surface area contributed by atoms with Crippen molar-refractivity contribution in [1.82, 2.24) is 24.9 Å². The van der Waals surface area contributed by atoms with E-state index in [-0.39, 0.29) is 0 Å². The van der Waals surface area contributed by atoms with Gasteiger partial charge in [-0.1, -0.05) is 0 Å². The molecule has 3 rings (SSSR count). The minimum atomic E-state index is 0.409. The second-order valence-corrected chi connectivity index (χ2v) is 4.39. The number of imidazole rings is 1. The fraction of sp³-hybridized carbons (Fsp3) is 0. The first-order valence-electron chi connectivity index (χ1n) is 5.28. The molecule has 3 aromatic rings. The third-order valence-corrected chi connectivity index (χ3v) is 2.69. The number of H-pyrrole nitrogens is 1. The van der Waals surface area contributed by atoms with Crippen molar-refractivity contribution < 1.29 is 0 Å². The number of anilines is 1. The summed E-state index contributed by atoms with van der Waals surface area (Å²) in [5.74, 6) is 0.409. The van der Waals surface area contributed by atoms with E-state index in [4.69, 9.17) is 11.5 Å². The summed E-state index contributed by atoms with van der Waals surface area (Å²) in [7, 11) is 0. The largest absolute Gasteiger partial charge is 0.382 e. The Hall–Kier alpha value is -2.31. The molecule has 0 aliphatic carbocycles. The van der Waals surface area contributed by atoms with Crippen LogP contribution in [0.3, 0.4) is 0 Å². The van der Waals surface area contributed by atoms with Crippen LogP contribution in [0.5, 0.6) is 0 Å². The first-order chi connectivity index (χ1) is 9.18. The van der Waals surface area contributed by atoms with E-state index < -0.39 is 0 Å². The Balaban J connectivity index is 0.000000141. The standard InChI is InChI=1S/C6H6N2Se.C5H5N5/c7-6(9)5-2-1-3-8-4-5;6-4-3-5(9-1-7-3)10-2-8-4/h1-4H,(H2,7,9);1-2H,(H3,6,7,8,9,10). The number of nitrogens with two attached hydrogens (primary N) is 2. The first kappa shape index (κ1) is 13.1. The van der Waals surface area contributed by atoms with Gasteiger partial charge in [0.15, 0.2) is 11.5 Å². The third-order valence-electron chi connectivity index (χ3n) is 2.19. The molecule has 0 radical (unpaired) electrons. The van der Waals surface area contributed by atoms with E-state index in [9.17, 15) is 0 Å². The van der Waals surface area contributed by atoms with Gasteiger partial charge in [-0.2, -0.15) is 0 Å². The van der Waals surface area contributed by atoms with Crippen molar-refractivity contribution in [3.05, 3.63) is 42.7 Å². The van der Waals surface area contributed by atoms with Gasteiger partial charge in [0.1, 0.15) is 11.8 Å². The molecule has 0 saturated carbocycles. The van der Waals surface area contributed by atoms with Crippen molar-refractivity contribution in [2.75, 3.05) is 5.73 Å². The molecule has 0 bridgehead atoms. The summed E-state index contributed by atoms with van der Waals surface area (Å²) in [6, 6.07) is 3.75. The molecule has 0 aliphatic rings. The van der Waals surface area contributed by atoms with Crippen molar-refractivity contribution >= 4 is 37.1 Å². The Morgan fingerprint density at radius 3 is 2.68 bits per heavy atom. The van der Waals surface area contributed by atoms with Crippen LogP contribution in [0.4, 0.5) is 5.82 Å². The normalized spacial score (nSPS) is 9.68. The van der Waals surface area contributed by atoms with Crippen LogP contribution in [-0.2, 0) is 0 Å². The maximum absolute atomic E-state index is 5.47. The number of aromatic amines is 1. The van der Waals surface area contributed by atoms with Gasteiger partial charge in [-0.25, -0.2) is 15.0 Å². The Morgan fingerprint density at radius 1 is 1.26 bits per heavy atom. The molecule has 0 amide bonds. The fourth-order valence-electron chi connectivity index (χ4n) is 1.29. The van der Waals surface area contributed by atoms with Gasteiger partial charge in [-0.05, 0) is 0 Å². The predicted molar refractivity (Wildman–Crippen MR) is 74.4 cm³/mol. The number of hydrogen-bond acceptors (Lipinski definition) is 6. The zero-order chi connectivity index (χ0) is 13.7. The van der Waals surface area contributed by atoms with Gasteiger partial charge >= 0.3 is 60.9 Å². The van der Waals surface area contributed by atoms with Crippen molar-refractivity contribution in [2.24, 2.45) is 5.73 Å². The average molecular weight is 320 g/mol. The van der Waals surface area contributed by atoms with Crippen LogP contribution in [0, 0.1) is 0 Å². The number of nitrogen functional groups attached to an aromatic ring is 1. The van der Waals surface area contributed by atoms with Crippen LogP contribution in [0.15, 0.2) is 37.2 Å². The van der Waals surface area contributed by atoms with Crippen LogP contribution in [-0.4, -0.2) is 45.0 Å². The van der Waals surface area contributed by atoms with Crippen LogP contribution in [0.2, 0.25) is 0 Å². The quantitative estimate of drug-likeness (QED) is 0.526. The minimum absolute atomic E-state index is 0.409. The first-order valence-corrected chi connectivity index (χ1v) is 6.13. The molecule has 0 saturated heterocycles. The van der Waals surface area contributed by atoms with Crippen LogP contribution >= 0.6 is 0 Å². The molecular formula is C11H11N7Se. The zero-order valence-electron chi connectivity index (χ0n) is 9.82. The molecule has 0 atom stereocenters. The summed E-state index contributed by atoms with van der Waals surface area (Å²) in [4.78, 5) is 18.3. The smallest absolute Gasteiger partial charge is 0.162 e. The summed E-state index contributed by atoms with van der Waals surface area (Å²) in [6.45, 7) is 0. The number of aromatic nitrogens is 5. The van der Waals surface area contributed by atoms with E-state index >= 15 is 0 Å². The summed E-state index contributed by atoms with van der Waals surface area (Å²) in [5, 5.41) is 0. The summed E-state index contributed by atoms with van der Waals surface area (Å²) >= 11 is 2.71. The molecule has 8 heteroatoms. The van der Waals surface area contributed by atoms with Crippen molar-refractivity contribution in [1.29, 1.82) is 0 Å². The number of pyridine rings is 1. The predicted octanol–water partition coefficient (Wildman–Crippen LogP) is -0.378. The van der Waals surface area contributed by atoms with Crippen LogP contribution in [0.25, 0.3) is 11.2 Å². The molecule has 0 aliphatic heterocycles. The van der Waals surface area contributed by atoms with Gasteiger partial charge in [0.25, 0.3) is 0 Å². The minimum Gasteiger partial charge on any atom is -0.382 e. The van der Waals surface area contributed by atoms with Crippen LogP contribution in [0.1, 0.15) is 5.56 Å².